The van der Waals surface area contributed by atoms with Gasteiger partial charge in [0.15, 0.2) is 0 Å². The molecule has 9 heteroatoms. The van der Waals surface area contributed by atoms with E-state index in [0.29, 0.717) is 37.5 Å². The Hall–Kier alpha value is -1.45. The van der Waals surface area contributed by atoms with Gasteiger partial charge in [-0.05, 0) is 29.0 Å². The first-order valence-corrected chi connectivity index (χ1v) is 11.0. The molecule has 27 heavy (non-hydrogen) atoms. The molecular weight excluding hydrogens is 406 g/mol. The molecule has 0 saturated carbocycles. The van der Waals surface area contributed by atoms with Gasteiger partial charge in [0.25, 0.3) is 5.91 Å². The van der Waals surface area contributed by atoms with Crippen molar-refractivity contribution in [2.45, 2.75) is 17.9 Å². The van der Waals surface area contributed by atoms with Crippen molar-refractivity contribution >= 4 is 39.7 Å². The molecule has 0 aliphatic carbocycles. The fourth-order valence-electron chi connectivity index (χ4n) is 3.48. The van der Waals surface area contributed by atoms with Gasteiger partial charge in [-0.2, -0.15) is 4.31 Å². The number of sulfonamides is 1. The van der Waals surface area contributed by atoms with Crippen molar-refractivity contribution in [2.24, 2.45) is 0 Å². The van der Waals surface area contributed by atoms with Crippen molar-refractivity contribution < 1.29 is 13.2 Å². The van der Waals surface area contributed by atoms with Gasteiger partial charge in [-0.3, -0.25) is 4.79 Å². The van der Waals surface area contributed by atoms with Gasteiger partial charge in [-0.15, -0.1) is 23.7 Å². The van der Waals surface area contributed by atoms with Crippen molar-refractivity contribution in [3.8, 4) is 0 Å². The zero-order valence-electron chi connectivity index (χ0n) is 14.8. The highest BCUT2D eigenvalue weighted by Gasteiger charge is 2.33. The minimum Gasteiger partial charge on any atom is -0.335 e. The Morgan fingerprint density at radius 3 is 2.48 bits per heavy atom. The summed E-state index contributed by atoms with van der Waals surface area (Å²) in [6, 6.07) is 9.49. The lowest BCUT2D eigenvalue weighted by Gasteiger charge is -2.29. The van der Waals surface area contributed by atoms with E-state index in [-0.39, 0.29) is 23.2 Å². The SMILES string of the molecule is Cl.O=C(c1sccc1S(=O)(=O)N1CCc2ccccc2C1)N1CCNCC1. The van der Waals surface area contributed by atoms with Crippen LogP contribution in [0.25, 0.3) is 0 Å². The third-order valence-corrected chi connectivity index (χ3v) is 7.86. The van der Waals surface area contributed by atoms with Crippen molar-refractivity contribution in [3.05, 3.63) is 51.7 Å². The molecule has 146 valence electrons. The summed E-state index contributed by atoms with van der Waals surface area (Å²) in [7, 11) is -3.70. The molecule has 1 fully saturated rings. The number of hydrogen-bond acceptors (Lipinski definition) is 5. The van der Waals surface area contributed by atoms with E-state index in [1.807, 2.05) is 24.3 Å². The van der Waals surface area contributed by atoms with E-state index in [2.05, 4.69) is 5.32 Å². The van der Waals surface area contributed by atoms with Crippen LogP contribution in [0, 0.1) is 0 Å². The Kier molecular flexibility index (Phi) is 6.22. The average molecular weight is 428 g/mol. The number of benzene rings is 1. The highest BCUT2D eigenvalue weighted by atomic mass is 35.5. The third kappa shape index (κ3) is 3.90. The number of halogens is 1. The topological polar surface area (TPSA) is 69.7 Å². The molecule has 0 bridgehead atoms. The molecule has 1 N–H and O–H groups in total. The van der Waals surface area contributed by atoms with Crippen LogP contribution >= 0.6 is 23.7 Å². The fraction of sp³-hybridized carbons (Fsp3) is 0.389. The largest absolute Gasteiger partial charge is 0.335 e. The van der Waals surface area contributed by atoms with E-state index in [1.54, 1.807) is 16.3 Å². The number of nitrogens with one attached hydrogen (secondary N) is 1. The lowest BCUT2D eigenvalue weighted by atomic mass is 10.0. The summed E-state index contributed by atoms with van der Waals surface area (Å²) in [6.07, 6.45) is 0.695. The summed E-state index contributed by atoms with van der Waals surface area (Å²) >= 11 is 1.21. The zero-order valence-corrected chi connectivity index (χ0v) is 17.2. The molecule has 4 rings (SSSR count). The van der Waals surface area contributed by atoms with Crippen LogP contribution in [0.1, 0.15) is 20.8 Å². The number of carbonyl (C=O) groups excluding carboxylic acids is 1. The maximum absolute atomic E-state index is 13.2. The number of hydrogen-bond donors (Lipinski definition) is 1. The second kappa shape index (κ2) is 8.28. The molecule has 0 unspecified atom stereocenters. The molecule has 1 aromatic carbocycles. The molecule has 0 radical (unpaired) electrons. The van der Waals surface area contributed by atoms with Crippen LogP contribution in [-0.4, -0.2) is 56.3 Å². The Balaban J connectivity index is 0.00000210. The Bertz CT molecular complexity index is 923. The number of thiophene rings is 1. The first-order chi connectivity index (χ1) is 12.6. The molecule has 1 saturated heterocycles. The van der Waals surface area contributed by atoms with Crippen molar-refractivity contribution in [1.82, 2.24) is 14.5 Å². The van der Waals surface area contributed by atoms with Crippen molar-refractivity contribution in [3.63, 3.8) is 0 Å². The number of amides is 1. The van der Waals surface area contributed by atoms with Gasteiger partial charge in [0.2, 0.25) is 10.0 Å². The van der Waals surface area contributed by atoms with E-state index in [1.165, 1.54) is 21.2 Å². The van der Waals surface area contributed by atoms with Crippen molar-refractivity contribution in [1.29, 1.82) is 0 Å². The highest BCUT2D eigenvalue weighted by Crippen LogP contribution is 2.30. The van der Waals surface area contributed by atoms with Gasteiger partial charge in [0.05, 0.1) is 0 Å². The van der Waals surface area contributed by atoms with Gasteiger partial charge in [0.1, 0.15) is 9.77 Å². The second-order valence-corrected chi connectivity index (χ2v) is 9.34. The second-order valence-electron chi connectivity index (χ2n) is 6.51. The predicted molar refractivity (Wildman–Crippen MR) is 108 cm³/mol. The minimum absolute atomic E-state index is 0. The Labute approximate surface area is 169 Å². The van der Waals surface area contributed by atoms with E-state index in [9.17, 15) is 13.2 Å². The normalized spacial score (nSPS) is 17.9. The summed E-state index contributed by atoms with van der Waals surface area (Å²) in [4.78, 5) is 15.0. The predicted octanol–water partition coefficient (Wildman–Crippen LogP) is 1.96. The number of carbonyl (C=O) groups is 1. The lowest BCUT2D eigenvalue weighted by molar-refractivity contribution is 0.0737. The summed E-state index contributed by atoms with van der Waals surface area (Å²) in [5.41, 5.74) is 2.23. The van der Waals surface area contributed by atoms with Crippen LogP contribution in [0.2, 0.25) is 0 Å². The van der Waals surface area contributed by atoms with E-state index >= 15 is 0 Å². The summed E-state index contributed by atoms with van der Waals surface area (Å²) in [5.74, 6) is -0.183. The zero-order chi connectivity index (χ0) is 18.1. The van der Waals surface area contributed by atoms with Crippen LogP contribution in [0.15, 0.2) is 40.6 Å². The lowest BCUT2D eigenvalue weighted by Crippen LogP contribution is -2.46. The maximum atomic E-state index is 13.2. The van der Waals surface area contributed by atoms with Gasteiger partial charge in [-0.1, -0.05) is 24.3 Å². The first-order valence-electron chi connectivity index (χ1n) is 8.72. The molecule has 2 aliphatic heterocycles. The van der Waals surface area contributed by atoms with Crippen LogP contribution in [-0.2, 0) is 23.0 Å². The van der Waals surface area contributed by atoms with Crippen LogP contribution in [0.5, 0.6) is 0 Å². The molecule has 6 nitrogen and oxygen atoms in total. The standard InChI is InChI=1S/C18H21N3O3S2.ClH/c22-18(20-10-7-19-8-11-20)17-16(6-12-25-17)26(23,24)21-9-5-14-3-1-2-4-15(14)13-21;/h1-4,6,12,19H,5,7-11,13H2;1H. The number of nitrogens with zero attached hydrogens (tertiary/aromatic N) is 2. The van der Waals surface area contributed by atoms with Crippen LogP contribution in [0.3, 0.4) is 0 Å². The smallest absolute Gasteiger partial charge is 0.265 e. The molecule has 2 aromatic rings. The molecule has 1 aromatic heterocycles. The fourth-order valence-corrected chi connectivity index (χ4v) is 6.26. The number of fused-ring (bicyclic) bond motifs is 1. The van der Waals surface area contributed by atoms with Gasteiger partial charge < -0.3 is 10.2 Å². The van der Waals surface area contributed by atoms with Gasteiger partial charge in [0, 0.05) is 39.3 Å². The third-order valence-electron chi connectivity index (χ3n) is 4.94. The minimum atomic E-state index is -3.70. The maximum Gasteiger partial charge on any atom is 0.265 e. The van der Waals surface area contributed by atoms with Crippen LogP contribution in [0.4, 0.5) is 0 Å². The molecule has 3 heterocycles. The highest BCUT2D eigenvalue weighted by molar-refractivity contribution is 7.89. The number of rotatable bonds is 3. The summed E-state index contributed by atoms with van der Waals surface area (Å²) in [6.45, 7) is 3.48. The molecular formula is C18H22ClN3O3S2. The van der Waals surface area contributed by atoms with Crippen molar-refractivity contribution in [2.75, 3.05) is 32.7 Å². The molecule has 0 atom stereocenters. The first kappa shape index (κ1) is 20.3. The average Bonchev–Trinajstić information content (AvgIpc) is 3.18. The van der Waals surface area contributed by atoms with E-state index in [4.69, 9.17) is 0 Å². The molecule has 1 amide bonds. The van der Waals surface area contributed by atoms with E-state index in [0.717, 1.165) is 18.7 Å². The molecule has 0 spiro atoms. The van der Waals surface area contributed by atoms with E-state index < -0.39 is 10.0 Å². The number of piperazine rings is 1. The van der Waals surface area contributed by atoms with Gasteiger partial charge in [-0.25, -0.2) is 8.42 Å². The Morgan fingerprint density at radius 1 is 1.04 bits per heavy atom. The monoisotopic (exact) mass is 427 g/mol. The molecule has 2 aliphatic rings. The van der Waals surface area contributed by atoms with Crippen LogP contribution < -0.4 is 5.32 Å². The Morgan fingerprint density at radius 2 is 1.74 bits per heavy atom. The summed E-state index contributed by atoms with van der Waals surface area (Å²) < 4.78 is 27.9. The van der Waals surface area contributed by atoms with Gasteiger partial charge >= 0.3 is 0 Å². The quantitative estimate of drug-likeness (QED) is 0.812. The summed E-state index contributed by atoms with van der Waals surface area (Å²) in [5, 5.41) is 4.90.